The summed E-state index contributed by atoms with van der Waals surface area (Å²) in [6.45, 7) is 3.02. The zero-order valence-corrected chi connectivity index (χ0v) is 19.6. The molecule has 0 spiro atoms. The summed E-state index contributed by atoms with van der Waals surface area (Å²) in [5.74, 6) is -0.693. The van der Waals surface area contributed by atoms with Gasteiger partial charge < -0.3 is 24.8 Å². The Kier molecular flexibility index (Phi) is 6.12. The number of hydrogen-bond acceptors (Lipinski definition) is 7. The molecule has 1 unspecified atom stereocenters. The van der Waals surface area contributed by atoms with Gasteiger partial charge in [0.25, 0.3) is 12.3 Å². The van der Waals surface area contributed by atoms with Gasteiger partial charge in [-0.1, -0.05) is 18.2 Å². The summed E-state index contributed by atoms with van der Waals surface area (Å²) in [4.78, 5) is 29.1. The highest BCUT2D eigenvalue weighted by Crippen LogP contribution is 2.36. The number of anilines is 2. The number of hydrogen-bond donors (Lipinski definition) is 2. The first kappa shape index (κ1) is 23.8. The van der Waals surface area contributed by atoms with Crippen molar-refractivity contribution in [2.75, 3.05) is 23.8 Å². The summed E-state index contributed by atoms with van der Waals surface area (Å²) in [7, 11) is 1.60. The highest BCUT2D eigenvalue weighted by Gasteiger charge is 2.34. The Labute approximate surface area is 204 Å². The van der Waals surface area contributed by atoms with Crippen LogP contribution in [-0.4, -0.2) is 55.3 Å². The maximum absolute atomic E-state index is 14.7. The van der Waals surface area contributed by atoms with Gasteiger partial charge in [0, 0.05) is 31.9 Å². The maximum Gasteiger partial charge on any atom is 0.266 e. The van der Waals surface area contributed by atoms with Crippen LogP contribution in [0, 0.1) is 5.82 Å². The van der Waals surface area contributed by atoms with Crippen LogP contribution in [0.5, 0.6) is 0 Å². The van der Waals surface area contributed by atoms with Crippen LogP contribution in [0.15, 0.2) is 42.6 Å². The van der Waals surface area contributed by atoms with E-state index in [1.54, 1.807) is 31.4 Å². The molecule has 2 aliphatic rings. The summed E-state index contributed by atoms with van der Waals surface area (Å²) < 4.78 is 43.1. The van der Waals surface area contributed by atoms with Crippen molar-refractivity contribution in [3.63, 3.8) is 0 Å². The molecule has 5 rings (SSSR count). The maximum atomic E-state index is 14.7. The minimum absolute atomic E-state index is 0.0505. The van der Waals surface area contributed by atoms with E-state index in [0.29, 0.717) is 31.0 Å². The lowest BCUT2D eigenvalue weighted by atomic mass is 10.0. The molecule has 1 aromatic carbocycles. The lowest BCUT2D eigenvalue weighted by Crippen LogP contribution is -2.45. The third kappa shape index (κ3) is 4.06. The van der Waals surface area contributed by atoms with Crippen molar-refractivity contribution in [3.8, 4) is 0 Å². The van der Waals surface area contributed by atoms with Crippen LogP contribution >= 0.6 is 0 Å². The Morgan fingerprint density at radius 3 is 2.78 bits per heavy atom. The van der Waals surface area contributed by atoms with Gasteiger partial charge in [-0.3, -0.25) is 4.79 Å². The Balaban J connectivity index is 1.46. The molecule has 0 saturated heterocycles. The SMILES string of the molecule is C[C@@H](Nc1ncnc2c1C=C(C(=O)N1CCn3cncc3C1)C(O)N2C)c1cccc(C(F)F)c1F. The lowest BCUT2D eigenvalue weighted by Gasteiger charge is -2.35. The Morgan fingerprint density at radius 2 is 2.00 bits per heavy atom. The first-order valence-electron chi connectivity index (χ1n) is 11.3. The van der Waals surface area contributed by atoms with Gasteiger partial charge in [0.05, 0.1) is 41.3 Å². The fourth-order valence-electron chi connectivity index (χ4n) is 4.54. The van der Waals surface area contributed by atoms with Crippen molar-refractivity contribution in [3.05, 3.63) is 70.8 Å². The standard InChI is InChI=1S/C24H24F3N7O2/c1-13(15-4-3-5-16(19(15)25)20(26)27)31-21-17-8-18(23(35)32(2)22(17)30-11-29-21)24(36)33-6-7-34-12-28-9-14(34)10-33/h3-5,8-9,11-13,20,23,35H,6-7,10H2,1-2H3,(H,29,30,31)/t13-,23?/m1/s1. The van der Waals surface area contributed by atoms with E-state index in [1.807, 2.05) is 4.57 Å². The predicted molar refractivity (Wildman–Crippen MR) is 125 cm³/mol. The molecule has 0 aliphatic carbocycles. The minimum Gasteiger partial charge on any atom is -0.369 e. The monoisotopic (exact) mass is 499 g/mol. The summed E-state index contributed by atoms with van der Waals surface area (Å²) in [6.07, 6.45) is 2.03. The van der Waals surface area contributed by atoms with Crippen LogP contribution in [0.1, 0.15) is 41.8 Å². The molecule has 2 atom stereocenters. The van der Waals surface area contributed by atoms with Crippen molar-refractivity contribution in [2.45, 2.75) is 38.7 Å². The van der Waals surface area contributed by atoms with Gasteiger partial charge in [-0.15, -0.1) is 0 Å². The molecule has 9 nitrogen and oxygen atoms in total. The molecule has 36 heavy (non-hydrogen) atoms. The van der Waals surface area contributed by atoms with Crippen LogP contribution in [-0.2, 0) is 17.9 Å². The van der Waals surface area contributed by atoms with Gasteiger partial charge in [-0.2, -0.15) is 0 Å². The second-order valence-corrected chi connectivity index (χ2v) is 8.77. The van der Waals surface area contributed by atoms with Gasteiger partial charge in [-0.25, -0.2) is 28.1 Å². The van der Waals surface area contributed by atoms with Crippen molar-refractivity contribution in [1.29, 1.82) is 0 Å². The number of benzene rings is 1. The highest BCUT2D eigenvalue weighted by molar-refractivity contribution is 6.02. The van der Waals surface area contributed by atoms with E-state index in [-0.39, 0.29) is 22.9 Å². The number of nitrogens with zero attached hydrogens (tertiary/aromatic N) is 6. The average molecular weight is 499 g/mol. The molecule has 0 bridgehead atoms. The summed E-state index contributed by atoms with van der Waals surface area (Å²) >= 11 is 0. The van der Waals surface area contributed by atoms with E-state index in [2.05, 4.69) is 20.3 Å². The van der Waals surface area contributed by atoms with Crippen molar-refractivity contribution >= 4 is 23.6 Å². The van der Waals surface area contributed by atoms with Crippen LogP contribution in [0.2, 0.25) is 0 Å². The number of rotatable bonds is 5. The number of aromatic nitrogens is 4. The zero-order valence-electron chi connectivity index (χ0n) is 19.6. The first-order valence-corrected chi connectivity index (χ1v) is 11.3. The molecule has 2 aromatic heterocycles. The number of nitrogens with one attached hydrogen (secondary N) is 1. The number of halogens is 3. The smallest absolute Gasteiger partial charge is 0.266 e. The molecule has 12 heteroatoms. The Hall–Kier alpha value is -3.93. The van der Waals surface area contributed by atoms with Crippen molar-refractivity contribution < 1.29 is 23.1 Å². The minimum atomic E-state index is -2.94. The molecule has 4 heterocycles. The summed E-state index contributed by atoms with van der Waals surface area (Å²) in [5.41, 5.74) is 0.822. The number of likely N-dealkylation sites (N-methyl/N-ethyl adjacent to an activating group) is 1. The second kappa shape index (κ2) is 9.26. The molecule has 2 N–H and O–H groups in total. The molecule has 0 saturated carbocycles. The lowest BCUT2D eigenvalue weighted by molar-refractivity contribution is -0.129. The normalized spacial score (nSPS) is 18.0. The van der Waals surface area contributed by atoms with Crippen LogP contribution in [0.3, 0.4) is 0 Å². The van der Waals surface area contributed by atoms with E-state index in [0.717, 1.165) is 11.8 Å². The third-order valence-corrected chi connectivity index (χ3v) is 6.55. The second-order valence-electron chi connectivity index (χ2n) is 8.77. The van der Waals surface area contributed by atoms with Gasteiger partial charge in [-0.05, 0) is 13.0 Å². The number of fused-ring (bicyclic) bond motifs is 2. The number of amides is 1. The summed E-state index contributed by atoms with van der Waals surface area (Å²) in [5, 5.41) is 14.0. The number of imidazole rings is 1. The molecular weight excluding hydrogens is 475 g/mol. The predicted octanol–water partition coefficient (Wildman–Crippen LogP) is 3.12. The molecule has 0 fully saturated rings. The Morgan fingerprint density at radius 1 is 1.22 bits per heavy atom. The molecule has 188 valence electrons. The van der Waals surface area contributed by atoms with E-state index in [1.165, 1.54) is 29.4 Å². The van der Waals surface area contributed by atoms with E-state index < -0.39 is 30.1 Å². The van der Waals surface area contributed by atoms with E-state index in [9.17, 15) is 23.1 Å². The number of carbonyl (C=O) groups is 1. The topological polar surface area (TPSA) is 99.4 Å². The molecular formula is C24H24F3N7O2. The fraction of sp³-hybridized carbons (Fsp3) is 0.333. The number of carbonyl (C=O) groups excluding carboxylic acids is 1. The number of alkyl halides is 2. The van der Waals surface area contributed by atoms with Gasteiger partial charge in [0.2, 0.25) is 0 Å². The summed E-state index contributed by atoms with van der Waals surface area (Å²) in [6, 6.07) is 3.12. The molecule has 2 aliphatic heterocycles. The zero-order chi connectivity index (χ0) is 25.6. The van der Waals surface area contributed by atoms with E-state index >= 15 is 0 Å². The van der Waals surface area contributed by atoms with Crippen LogP contribution in [0.25, 0.3) is 6.08 Å². The van der Waals surface area contributed by atoms with E-state index in [4.69, 9.17) is 0 Å². The largest absolute Gasteiger partial charge is 0.369 e. The molecule has 0 radical (unpaired) electrons. The molecule has 3 aromatic rings. The quantitative estimate of drug-likeness (QED) is 0.557. The highest BCUT2D eigenvalue weighted by atomic mass is 19.3. The average Bonchev–Trinajstić information content (AvgIpc) is 3.34. The third-order valence-electron chi connectivity index (χ3n) is 6.55. The van der Waals surface area contributed by atoms with Crippen LogP contribution < -0.4 is 10.2 Å². The Bertz CT molecular complexity index is 1340. The fourth-order valence-corrected chi connectivity index (χ4v) is 4.54. The molecule has 1 amide bonds. The number of aliphatic hydroxyl groups is 1. The van der Waals surface area contributed by atoms with Gasteiger partial charge in [0.1, 0.15) is 23.8 Å². The van der Waals surface area contributed by atoms with Crippen LogP contribution in [0.4, 0.5) is 24.8 Å². The van der Waals surface area contributed by atoms with Gasteiger partial charge in [0.15, 0.2) is 6.23 Å². The van der Waals surface area contributed by atoms with Crippen molar-refractivity contribution in [1.82, 2.24) is 24.4 Å². The van der Waals surface area contributed by atoms with Gasteiger partial charge >= 0.3 is 0 Å². The first-order chi connectivity index (χ1) is 17.3. The van der Waals surface area contributed by atoms with Crippen molar-refractivity contribution in [2.24, 2.45) is 0 Å². The number of aliphatic hydroxyl groups excluding tert-OH is 1.